The molecule has 1 radical (unpaired) electrons. The first kappa shape index (κ1) is 4.42. The van der Waals surface area contributed by atoms with Crippen molar-refractivity contribution in [3.63, 3.8) is 0 Å². The Morgan fingerprint density at radius 1 is 1.60 bits per heavy atom. The van der Waals surface area contributed by atoms with Gasteiger partial charge in [-0.2, -0.15) is 0 Å². The molecule has 1 aliphatic heterocycles. The van der Waals surface area contributed by atoms with Gasteiger partial charge in [-0.1, -0.05) is 0 Å². The Labute approximate surface area is 45.5 Å². The van der Waals surface area contributed by atoms with Crippen LogP contribution in [-0.4, -0.2) is 20.3 Å². The SMILES string of the molecule is C1C[As]SS1. The van der Waals surface area contributed by atoms with Gasteiger partial charge in [-0.15, -0.1) is 0 Å². The first-order chi connectivity index (χ1) is 2.50. The first-order valence-electron chi connectivity index (χ1n) is 1.45. The van der Waals surface area contributed by atoms with E-state index in [0.29, 0.717) is 0 Å². The van der Waals surface area contributed by atoms with Crippen LogP contribution in [0.3, 0.4) is 0 Å². The van der Waals surface area contributed by atoms with Crippen molar-refractivity contribution in [2.75, 3.05) is 5.75 Å². The fourth-order valence-electron chi connectivity index (χ4n) is 0.186. The van der Waals surface area contributed by atoms with E-state index in [2.05, 4.69) is 9.06 Å². The fourth-order valence-corrected chi connectivity index (χ4v) is 8.71. The zero-order valence-electron chi connectivity index (χ0n) is 2.68. The Morgan fingerprint density at radius 2 is 2.60 bits per heavy atom. The summed E-state index contributed by atoms with van der Waals surface area (Å²) >= 11 is 0.734. The Kier molecular flexibility index (Phi) is 2.15. The van der Waals surface area contributed by atoms with Gasteiger partial charge in [0.05, 0.1) is 0 Å². The van der Waals surface area contributed by atoms with Gasteiger partial charge in [0.15, 0.2) is 0 Å². The summed E-state index contributed by atoms with van der Waals surface area (Å²) in [5, 5.41) is 1.52. The molecular weight excluding hydrogens is 163 g/mol. The van der Waals surface area contributed by atoms with Crippen LogP contribution in [0, 0.1) is 0 Å². The Balaban J connectivity index is 2.08. The topological polar surface area (TPSA) is 0 Å². The van der Waals surface area contributed by atoms with E-state index >= 15 is 0 Å². The maximum atomic E-state index is 2.08. The van der Waals surface area contributed by atoms with Crippen LogP contribution in [0.4, 0.5) is 0 Å². The van der Waals surface area contributed by atoms with E-state index in [0.717, 1.165) is 14.6 Å². The third-order valence-corrected chi connectivity index (χ3v) is 8.53. The summed E-state index contributed by atoms with van der Waals surface area (Å²) in [4.78, 5) is 0. The van der Waals surface area contributed by atoms with Crippen LogP contribution in [0.15, 0.2) is 0 Å². The Hall–Kier alpha value is 1.26. The zero-order chi connectivity index (χ0) is 3.54. The van der Waals surface area contributed by atoms with Gasteiger partial charge in [-0.25, -0.2) is 0 Å². The summed E-state index contributed by atoms with van der Waals surface area (Å²) in [7, 11) is 4.12. The van der Waals surface area contributed by atoms with Crippen LogP contribution >= 0.6 is 19.9 Å². The van der Waals surface area contributed by atoms with Gasteiger partial charge in [0.1, 0.15) is 0 Å². The van der Waals surface area contributed by atoms with Gasteiger partial charge in [0.2, 0.25) is 0 Å². The van der Waals surface area contributed by atoms with Gasteiger partial charge in [0, 0.05) is 0 Å². The molecule has 1 saturated heterocycles. The standard InChI is InChI=1S/C2H4AsS2/c1-2-4-5-3-1/h1-2H2. The van der Waals surface area contributed by atoms with E-state index in [1.165, 1.54) is 11.0 Å². The molecule has 1 aliphatic rings. The van der Waals surface area contributed by atoms with Crippen LogP contribution in [0.1, 0.15) is 0 Å². The molecule has 3 heteroatoms. The third-order valence-electron chi connectivity index (χ3n) is 0.371. The molecule has 0 atom stereocenters. The van der Waals surface area contributed by atoms with Crippen molar-refractivity contribution in [3.05, 3.63) is 0 Å². The molecule has 0 N–H and O–H groups in total. The van der Waals surface area contributed by atoms with Gasteiger partial charge < -0.3 is 0 Å². The van der Waals surface area contributed by atoms with E-state index in [9.17, 15) is 0 Å². The van der Waals surface area contributed by atoms with Crippen molar-refractivity contribution in [1.29, 1.82) is 0 Å². The molecule has 0 unspecified atom stereocenters. The number of rotatable bonds is 0. The molecule has 29 valence electrons. The molecule has 0 amide bonds. The number of hydrogen-bond donors (Lipinski definition) is 0. The second-order valence-corrected chi connectivity index (χ2v) is 8.33. The summed E-state index contributed by atoms with van der Waals surface area (Å²) in [6.07, 6.45) is 0. The van der Waals surface area contributed by atoms with Crippen molar-refractivity contribution in [3.8, 4) is 0 Å². The van der Waals surface area contributed by atoms with Crippen molar-refractivity contribution in [2.24, 2.45) is 0 Å². The number of hydrogen-bond acceptors (Lipinski definition) is 2. The van der Waals surface area contributed by atoms with Gasteiger partial charge >= 0.3 is 45.4 Å². The molecule has 0 aromatic rings. The average molecular weight is 167 g/mol. The molecule has 5 heavy (non-hydrogen) atoms. The second-order valence-electron chi connectivity index (χ2n) is 0.749. The molecular formula is C2H4AsS2. The summed E-state index contributed by atoms with van der Waals surface area (Å²) in [5.41, 5.74) is 0. The molecule has 0 aliphatic carbocycles. The molecule has 0 spiro atoms. The van der Waals surface area contributed by atoms with Crippen LogP contribution in [-0.2, 0) is 0 Å². The van der Waals surface area contributed by atoms with Crippen molar-refractivity contribution >= 4 is 34.4 Å². The van der Waals surface area contributed by atoms with E-state index in [-0.39, 0.29) is 0 Å². The van der Waals surface area contributed by atoms with Crippen LogP contribution in [0.2, 0.25) is 5.21 Å². The van der Waals surface area contributed by atoms with E-state index < -0.39 is 0 Å². The molecule has 0 saturated carbocycles. The average Bonchev–Trinajstić information content (AvgIpc) is 1.76. The van der Waals surface area contributed by atoms with Gasteiger partial charge in [-0.05, 0) is 0 Å². The quantitative estimate of drug-likeness (QED) is 0.395. The predicted octanol–water partition coefficient (Wildman–Crippen LogP) is 1.42. The van der Waals surface area contributed by atoms with Gasteiger partial charge in [0.25, 0.3) is 0 Å². The zero-order valence-corrected chi connectivity index (χ0v) is 6.19. The molecule has 1 heterocycles. The summed E-state index contributed by atoms with van der Waals surface area (Å²) < 4.78 is 0. The maximum absolute atomic E-state index is 2.08. The second kappa shape index (κ2) is 2.43. The van der Waals surface area contributed by atoms with Crippen molar-refractivity contribution in [2.45, 2.75) is 5.21 Å². The minimum absolute atomic E-state index is 0.734. The van der Waals surface area contributed by atoms with Crippen molar-refractivity contribution < 1.29 is 0 Å². The molecule has 0 aromatic heterocycles. The first-order valence-corrected chi connectivity index (χ1v) is 7.36. The summed E-state index contributed by atoms with van der Waals surface area (Å²) in [6, 6.07) is 0. The Bertz CT molecular complexity index is 19.2. The van der Waals surface area contributed by atoms with Crippen LogP contribution in [0.5, 0.6) is 0 Å². The fraction of sp³-hybridized carbons (Fsp3) is 1.00. The summed E-state index contributed by atoms with van der Waals surface area (Å²) in [5.74, 6) is 1.42. The predicted molar refractivity (Wildman–Crippen MR) is 30.6 cm³/mol. The molecule has 0 bridgehead atoms. The van der Waals surface area contributed by atoms with Crippen molar-refractivity contribution in [1.82, 2.24) is 0 Å². The Morgan fingerprint density at radius 3 is 2.80 bits per heavy atom. The normalized spacial score (nSPS) is 28.8. The van der Waals surface area contributed by atoms with Gasteiger partial charge in [-0.3, -0.25) is 0 Å². The molecule has 0 nitrogen and oxygen atoms in total. The summed E-state index contributed by atoms with van der Waals surface area (Å²) in [6.45, 7) is 0. The van der Waals surface area contributed by atoms with E-state index in [1.807, 2.05) is 10.8 Å². The third kappa shape index (κ3) is 1.43. The minimum atomic E-state index is 0.734. The van der Waals surface area contributed by atoms with E-state index in [1.54, 1.807) is 0 Å². The monoisotopic (exact) mass is 167 g/mol. The molecule has 1 rings (SSSR count). The van der Waals surface area contributed by atoms with Crippen LogP contribution in [0.25, 0.3) is 0 Å². The molecule has 1 fully saturated rings. The van der Waals surface area contributed by atoms with Crippen LogP contribution < -0.4 is 0 Å². The molecule has 0 aromatic carbocycles. The van der Waals surface area contributed by atoms with E-state index in [4.69, 9.17) is 0 Å².